The third-order valence-corrected chi connectivity index (χ3v) is 2.29. The number of alkyl halides is 1. The normalized spacial score (nSPS) is 10.9. The van der Waals surface area contributed by atoms with Crippen LogP contribution in [0.2, 0.25) is 5.15 Å². The SMILES string of the molecule is ClCC=Cc1cc(Cl)ncc1Br. The molecule has 0 spiro atoms. The summed E-state index contributed by atoms with van der Waals surface area (Å²) in [6.45, 7) is 0. The molecule has 0 radical (unpaired) electrons. The van der Waals surface area contributed by atoms with Crippen LogP contribution < -0.4 is 0 Å². The molecule has 0 aliphatic carbocycles. The smallest absolute Gasteiger partial charge is 0.129 e. The minimum atomic E-state index is 0.479. The minimum Gasteiger partial charge on any atom is -0.243 e. The lowest BCUT2D eigenvalue weighted by molar-refractivity contribution is 1.30. The molecule has 0 fully saturated rings. The summed E-state index contributed by atoms with van der Waals surface area (Å²) < 4.78 is 0.910. The van der Waals surface area contributed by atoms with E-state index in [-0.39, 0.29) is 0 Å². The highest BCUT2D eigenvalue weighted by atomic mass is 79.9. The predicted molar refractivity (Wildman–Crippen MR) is 56.7 cm³/mol. The third kappa shape index (κ3) is 2.77. The molecule has 64 valence electrons. The molecule has 0 amide bonds. The summed E-state index contributed by atoms with van der Waals surface area (Å²) in [5, 5.41) is 0.479. The second-order valence-corrected chi connectivity index (χ2v) is 3.64. The average Bonchev–Trinajstić information content (AvgIpc) is 2.07. The van der Waals surface area contributed by atoms with Gasteiger partial charge in [0.05, 0.1) is 0 Å². The van der Waals surface area contributed by atoms with Crippen molar-refractivity contribution in [1.29, 1.82) is 0 Å². The van der Waals surface area contributed by atoms with Gasteiger partial charge in [-0.1, -0.05) is 23.8 Å². The van der Waals surface area contributed by atoms with Crippen LogP contribution in [-0.2, 0) is 0 Å². The fourth-order valence-corrected chi connectivity index (χ4v) is 1.33. The summed E-state index contributed by atoms with van der Waals surface area (Å²) in [6, 6.07) is 1.77. The van der Waals surface area contributed by atoms with Crippen LogP contribution in [0.4, 0.5) is 0 Å². The molecule has 1 heterocycles. The molecular formula is C8H6BrCl2N. The van der Waals surface area contributed by atoms with Gasteiger partial charge in [-0.25, -0.2) is 4.98 Å². The van der Waals surface area contributed by atoms with Crippen LogP contribution >= 0.6 is 39.1 Å². The van der Waals surface area contributed by atoms with Crippen molar-refractivity contribution in [1.82, 2.24) is 4.98 Å². The van der Waals surface area contributed by atoms with Crippen LogP contribution in [0.5, 0.6) is 0 Å². The third-order valence-electron chi connectivity index (χ3n) is 1.24. The number of allylic oxidation sites excluding steroid dienone is 1. The highest BCUT2D eigenvalue weighted by Crippen LogP contribution is 2.19. The fourth-order valence-electron chi connectivity index (χ4n) is 0.727. The number of rotatable bonds is 2. The van der Waals surface area contributed by atoms with Crippen LogP contribution in [0.3, 0.4) is 0 Å². The van der Waals surface area contributed by atoms with Crippen LogP contribution in [0.15, 0.2) is 22.8 Å². The van der Waals surface area contributed by atoms with E-state index in [1.807, 2.05) is 12.2 Å². The van der Waals surface area contributed by atoms with Gasteiger partial charge >= 0.3 is 0 Å². The Kier molecular flexibility index (Phi) is 4.06. The van der Waals surface area contributed by atoms with Crippen molar-refractivity contribution in [2.45, 2.75) is 0 Å². The molecule has 12 heavy (non-hydrogen) atoms. The molecule has 1 nitrogen and oxygen atoms in total. The zero-order valence-corrected chi connectivity index (χ0v) is 9.20. The van der Waals surface area contributed by atoms with E-state index in [9.17, 15) is 0 Å². The maximum Gasteiger partial charge on any atom is 0.129 e. The summed E-state index contributed by atoms with van der Waals surface area (Å²) in [5.74, 6) is 0.492. The Morgan fingerprint density at radius 2 is 2.33 bits per heavy atom. The van der Waals surface area contributed by atoms with Crippen LogP contribution in [0.25, 0.3) is 6.08 Å². The predicted octanol–water partition coefficient (Wildman–Crippen LogP) is 3.75. The van der Waals surface area contributed by atoms with Crippen molar-refractivity contribution in [2.75, 3.05) is 5.88 Å². The van der Waals surface area contributed by atoms with E-state index in [0.717, 1.165) is 10.0 Å². The quantitative estimate of drug-likeness (QED) is 0.587. The van der Waals surface area contributed by atoms with Gasteiger partial charge < -0.3 is 0 Å². The lowest BCUT2D eigenvalue weighted by Crippen LogP contribution is -1.79. The first kappa shape index (κ1) is 10.0. The van der Waals surface area contributed by atoms with Crippen molar-refractivity contribution in [3.63, 3.8) is 0 Å². The van der Waals surface area contributed by atoms with E-state index >= 15 is 0 Å². The molecule has 4 heteroatoms. The Morgan fingerprint density at radius 1 is 1.58 bits per heavy atom. The molecule has 0 aliphatic rings. The standard InChI is InChI=1S/C8H6BrCl2N/c9-7-5-12-8(11)4-6(7)2-1-3-10/h1-2,4-5H,3H2. The summed E-state index contributed by atoms with van der Waals surface area (Å²) in [6.07, 6.45) is 5.40. The first-order chi connectivity index (χ1) is 5.74. The molecule has 0 aliphatic heterocycles. The molecule has 1 aromatic rings. The Morgan fingerprint density at radius 3 is 3.00 bits per heavy atom. The van der Waals surface area contributed by atoms with Gasteiger partial charge in [0.25, 0.3) is 0 Å². The maximum atomic E-state index is 5.70. The number of hydrogen-bond donors (Lipinski definition) is 0. The summed E-state index contributed by atoms with van der Waals surface area (Å²) >= 11 is 14.5. The summed E-state index contributed by atoms with van der Waals surface area (Å²) in [4.78, 5) is 3.90. The van der Waals surface area contributed by atoms with Crippen LogP contribution in [0.1, 0.15) is 5.56 Å². The van der Waals surface area contributed by atoms with E-state index in [2.05, 4.69) is 20.9 Å². The number of aromatic nitrogens is 1. The Balaban J connectivity index is 2.97. The van der Waals surface area contributed by atoms with Crippen molar-refractivity contribution < 1.29 is 0 Å². The molecule has 0 saturated heterocycles. The van der Waals surface area contributed by atoms with E-state index in [0.29, 0.717) is 11.0 Å². The number of nitrogens with zero attached hydrogens (tertiary/aromatic N) is 1. The van der Waals surface area contributed by atoms with Gasteiger partial charge in [0, 0.05) is 16.5 Å². The molecule has 0 aromatic carbocycles. The molecule has 1 rings (SSSR count). The Bertz CT molecular complexity index is 299. The van der Waals surface area contributed by atoms with Crippen molar-refractivity contribution in [3.05, 3.63) is 33.5 Å². The van der Waals surface area contributed by atoms with E-state index in [1.54, 1.807) is 12.3 Å². The van der Waals surface area contributed by atoms with E-state index in [1.165, 1.54) is 0 Å². The highest BCUT2D eigenvalue weighted by molar-refractivity contribution is 9.10. The minimum absolute atomic E-state index is 0.479. The number of halogens is 3. The number of pyridine rings is 1. The van der Waals surface area contributed by atoms with Crippen molar-refractivity contribution in [3.8, 4) is 0 Å². The molecule has 1 aromatic heterocycles. The first-order valence-corrected chi connectivity index (χ1v) is 4.98. The second kappa shape index (κ2) is 4.85. The van der Waals surface area contributed by atoms with Crippen molar-refractivity contribution in [2.24, 2.45) is 0 Å². The van der Waals surface area contributed by atoms with Crippen LogP contribution in [-0.4, -0.2) is 10.9 Å². The van der Waals surface area contributed by atoms with E-state index < -0.39 is 0 Å². The van der Waals surface area contributed by atoms with Gasteiger partial charge in [0.1, 0.15) is 5.15 Å². The number of hydrogen-bond acceptors (Lipinski definition) is 1. The van der Waals surface area contributed by atoms with Gasteiger partial charge in [0.2, 0.25) is 0 Å². The van der Waals surface area contributed by atoms with Gasteiger partial charge in [-0.3, -0.25) is 0 Å². The van der Waals surface area contributed by atoms with Gasteiger partial charge in [-0.05, 0) is 27.6 Å². The first-order valence-electron chi connectivity index (χ1n) is 3.27. The zero-order chi connectivity index (χ0) is 8.97. The average molecular weight is 267 g/mol. The molecule has 0 bridgehead atoms. The van der Waals surface area contributed by atoms with Gasteiger partial charge in [-0.15, -0.1) is 11.6 Å². The van der Waals surface area contributed by atoms with Crippen LogP contribution in [0, 0.1) is 0 Å². The topological polar surface area (TPSA) is 12.9 Å². The maximum absolute atomic E-state index is 5.70. The molecule has 0 N–H and O–H groups in total. The Labute approximate surface area is 89.5 Å². The largest absolute Gasteiger partial charge is 0.243 e. The summed E-state index contributed by atoms with van der Waals surface area (Å²) in [5.41, 5.74) is 0.982. The van der Waals surface area contributed by atoms with Gasteiger partial charge in [0.15, 0.2) is 0 Å². The van der Waals surface area contributed by atoms with Gasteiger partial charge in [-0.2, -0.15) is 0 Å². The molecule has 0 unspecified atom stereocenters. The lowest BCUT2D eigenvalue weighted by Gasteiger charge is -1.97. The molecular weight excluding hydrogens is 261 g/mol. The second-order valence-electron chi connectivity index (χ2n) is 2.09. The molecule has 0 saturated carbocycles. The van der Waals surface area contributed by atoms with Crippen molar-refractivity contribution >= 4 is 45.2 Å². The highest BCUT2D eigenvalue weighted by Gasteiger charge is 1.96. The lowest BCUT2D eigenvalue weighted by atomic mass is 10.2. The zero-order valence-electron chi connectivity index (χ0n) is 6.10. The monoisotopic (exact) mass is 265 g/mol. The summed E-state index contributed by atoms with van der Waals surface area (Å²) in [7, 11) is 0. The molecule has 0 atom stereocenters. The van der Waals surface area contributed by atoms with E-state index in [4.69, 9.17) is 23.2 Å². The Hall–Kier alpha value is -0.0500. The fraction of sp³-hybridized carbons (Fsp3) is 0.125.